The Morgan fingerprint density at radius 2 is 2.20 bits per heavy atom. The second-order valence-corrected chi connectivity index (χ2v) is 5.35. The molecule has 0 spiro atoms. The van der Waals surface area contributed by atoms with Crippen molar-refractivity contribution in [3.05, 3.63) is 28.8 Å². The Kier molecular flexibility index (Phi) is 3.31. The van der Waals surface area contributed by atoms with Crippen molar-refractivity contribution in [3.63, 3.8) is 0 Å². The molecule has 1 aromatic rings. The third kappa shape index (κ3) is 2.13. The summed E-state index contributed by atoms with van der Waals surface area (Å²) in [4.78, 5) is 37.2. The molecule has 1 unspecified atom stereocenters. The predicted molar refractivity (Wildman–Crippen MR) is 72.1 cm³/mol. The van der Waals surface area contributed by atoms with E-state index in [9.17, 15) is 14.4 Å². The van der Waals surface area contributed by atoms with Gasteiger partial charge < -0.3 is 4.74 Å². The highest BCUT2D eigenvalue weighted by atomic mass is 35.5. The zero-order chi connectivity index (χ0) is 14.3. The van der Waals surface area contributed by atoms with E-state index in [4.69, 9.17) is 16.3 Å². The first-order valence-corrected chi connectivity index (χ1v) is 6.72. The molecular weight excluding hydrogens is 282 g/mol. The molecule has 0 aromatic heterocycles. The lowest BCUT2D eigenvalue weighted by molar-refractivity contribution is -0.123. The van der Waals surface area contributed by atoms with E-state index in [0.717, 1.165) is 0 Å². The highest BCUT2D eigenvalue weighted by Gasteiger charge is 2.38. The molecule has 0 saturated carbocycles. The van der Waals surface area contributed by atoms with Gasteiger partial charge in [-0.3, -0.25) is 19.3 Å². The second-order valence-electron chi connectivity index (χ2n) is 4.91. The number of carbonyl (C=O) groups is 3. The Morgan fingerprint density at radius 3 is 2.90 bits per heavy atom. The zero-order valence-corrected chi connectivity index (χ0v) is 11.4. The van der Waals surface area contributed by atoms with E-state index >= 15 is 0 Å². The van der Waals surface area contributed by atoms with Gasteiger partial charge in [0.05, 0.1) is 24.4 Å². The fourth-order valence-electron chi connectivity index (χ4n) is 2.50. The molecule has 0 aliphatic carbocycles. The number of hydrogen-bond acceptors (Lipinski definition) is 4. The van der Waals surface area contributed by atoms with Gasteiger partial charge in [-0.1, -0.05) is 11.6 Å². The van der Waals surface area contributed by atoms with E-state index in [1.165, 1.54) is 11.0 Å². The molecule has 5 nitrogen and oxygen atoms in total. The Bertz CT molecular complexity index is 607. The Balaban J connectivity index is 1.85. The molecule has 2 aliphatic heterocycles. The van der Waals surface area contributed by atoms with Crippen molar-refractivity contribution in [2.75, 3.05) is 24.7 Å². The van der Waals surface area contributed by atoms with E-state index < -0.39 is 11.7 Å². The molecule has 1 atom stereocenters. The van der Waals surface area contributed by atoms with E-state index in [2.05, 4.69) is 0 Å². The first-order chi connectivity index (χ1) is 9.58. The zero-order valence-electron chi connectivity index (χ0n) is 10.6. The van der Waals surface area contributed by atoms with Gasteiger partial charge >= 0.3 is 0 Å². The summed E-state index contributed by atoms with van der Waals surface area (Å²) in [7, 11) is 0. The Labute approximate surface area is 120 Å². The fourth-order valence-corrected chi connectivity index (χ4v) is 2.68. The van der Waals surface area contributed by atoms with Crippen LogP contribution < -0.4 is 4.90 Å². The average molecular weight is 294 g/mol. The molecule has 20 heavy (non-hydrogen) atoms. The topological polar surface area (TPSA) is 63.7 Å². The van der Waals surface area contributed by atoms with Crippen LogP contribution in [-0.4, -0.2) is 37.2 Å². The van der Waals surface area contributed by atoms with Crippen molar-refractivity contribution in [3.8, 4) is 0 Å². The third-order valence-corrected chi connectivity index (χ3v) is 3.87. The maximum atomic E-state index is 12.1. The number of halogens is 1. The minimum atomic E-state index is -0.672. The first-order valence-electron chi connectivity index (χ1n) is 6.34. The van der Waals surface area contributed by atoms with Gasteiger partial charge in [0.1, 0.15) is 0 Å². The number of carbonyl (C=O) groups excluding carboxylic acids is 3. The van der Waals surface area contributed by atoms with E-state index in [1.54, 1.807) is 12.1 Å². The SMILES string of the molecule is O=C1C(=O)N(CC(=O)C2CCOC2)c2ccc(Cl)cc21. The second kappa shape index (κ2) is 5.00. The Hall–Kier alpha value is -1.72. The molecule has 1 saturated heterocycles. The van der Waals surface area contributed by atoms with Crippen molar-refractivity contribution >= 4 is 34.8 Å². The molecule has 1 amide bonds. The number of fused-ring (bicyclic) bond motifs is 1. The monoisotopic (exact) mass is 293 g/mol. The van der Waals surface area contributed by atoms with Crippen LogP contribution in [0.3, 0.4) is 0 Å². The van der Waals surface area contributed by atoms with Crippen LogP contribution in [0.25, 0.3) is 0 Å². The van der Waals surface area contributed by atoms with Crippen LogP contribution >= 0.6 is 11.6 Å². The number of Topliss-reactive ketones (excluding diaryl/α,β-unsaturated/α-hetero) is 2. The summed E-state index contributed by atoms with van der Waals surface area (Å²) in [5.41, 5.74) is 0.717. The quantitative estimate of drug-likeness (QED) is 0.792. The molecule has 2 aliphatic rings. The van der Waals surface area contributed by atoms with E-state index in [0.29, 0.717) is 30.3 Å². The van der Waals surface area contributed by atoms with Crippen LogP contribution in [0.1, 0.15) is 16.8 Å². The van der Waals surface area contributed by atoms with Crippen LogP contribution in [0.5, 0.6) is 0 Å². The summed E-state index contributed by atoms with van der Waals surface area (Å²) in [6.07, 6.45) is 0.669. The van der Waals surface area contributed by atoms with Gasteiger partial charge in [-0.05, 0) is 24.6 Å². The molecule has 1 aromatic carbocycles. The van der Waals surface area contributed by atoms with Crippen molar-refractivity contribution in [1.29, 1.82) is 0 Å². The molecule has 0 bridgehead atoms. The largest absolute Gasteiger partial charge is 0.381 e. The number of amides is 1. The number of hydrogen-bond donors (Lipinski definition) is 0. The van der Waals surface area contributed by atoms with Gasteiger partial charge in [-0.25, -0.2) is 0 Å². The minimum absolute atomic E-state index is 0.0774. The van der Waals surface area contributed by atoms with Crippen LogP contribution in [0.4, 0.5) is 5.69 Å². The molecule has 2 heterocycles. The van der Waals surface area contributed by atoms with Gasteiger partial charge in [0.2, 0.25) is 0 Å². The van der Waals surface area contributed by atoms with Crippen molar-refractivity contribution in [2.24, 2.45) is 5.92 Å². The maximum Gasteiger partial charge on any atom is 0.299 e. The normalized spacial score (nSPS) is 21.4. The molecular formula is C14H12ClNO4. The van der Waals surface area contributed by atoms with Gasteiger partial charge in [0, 0.05) is 17.5 Å². The van der Waals surface area contributed by atoms with Gasteiger partial charge in [-0.15, -0.1) is 0 Å². The summed E-state index contributed by atoms with van der Waals surface area (Å²) in [5.74, 6) is -1.55. The van der Waals surface area contributed by atoms with Crippen LogP contribution in [0, 0.1) is 5.92 Å². The van der Waals surface area contributed by atoms with Crippen LogP contribution in [-0.2, 0) is 14.3 Å². The third-order valence-electron chi connectivity index (χ3n) is 3.63. The number of benzene rings is 1. The molecule has 0 radical (unpaired) electrons. The lowest BCUT2D eigenvalue weighted by atomic mass is 10.0. The smallest absolute Gasteiger partial charge is 0.299 e. The number of ether oxygens (including phenoxy) is 1. The van der Waals surface area contributed by atoms with E-state index in [1.807, 2.05) is 0 Å². The van der Waals surface area contributed by atoms with Gasteiger partial charge in [0.25, 0.3) is 11.7 Å². The summed E-state index contributed by atoms with van der Waals surface area (Å²) in [6.45, 7) is 0.866. The number of nitrogens with zero attached hydrogens (tertiary/aromatic N) is 1. The fraction of sp³-hybridized carbons (Fsp3) is 0.357. The molecule has 104 valence electrons. The highest BCUT2D eigenvalue weighted by molar-refractivity contribution is 6.53. The summed E-state index contributed by atoms with van der Waals surface area (Å²) >= 11 is 5.83. The first kappa shape index (κ1) is 13.3. The minimum Gasteiger partial charge on any atom is -0.381 e. The van der Waals surface area contributed by atoms with Crippen LogP contribution in [0.2, 0.25) is 5.02 Å². The Morgan fingerprint density at radius 1 is 1.40 bits per heavy atom. The number of rotatable bonds is 3. The summed E-state index contributed by atoms with van der Waals surface area (Å²) in [6, 6.07) is 4.65. The van der Waals surface area contributed by atoms with Gasteiger partial charge in [0.15, 0.2) is 5.78 Å². The predicted octanol–water partition coefficient (Wildman–Crippen LogP) is 1.47. The number of anilines is 1. The standard InChI is InChI=1S/C14H12ClNO4/c15-9-1-2-11-10(5-9)13(18)14(19)16(11)6-12(17)8-3-4-20-7-8/h1-2,5,8H,3-4,6-7H2. The molecule has 0 N–H and O–H groups in total. The highest BCUT2D eigenvalue weighted by Crippen LogP contribution is 2.31. The average Bonchev–Trinajstić information content (AvgIpc) is 3.03. The van der Waals surface area contributed by atoms with Gasteiger partial charge in [-0.2, -0.15) is 0 Å². The van der Waals surface area contributed by atoms with E-state index in [-0.39, 0.29) is 23.8 Å². The molecule has 1 fully saturated rings. The summed E-state index contributed by atoms with van der Waals surface area (Å²) in [5, 5.41) is 0.391. The molecule has 3 rings (SSSR count). The van der Waals surface area contributed by atoms with Crippen molar-refractivity contribution in [1.82, 2.24) is 0 Å². The lowest BCUT2D eigenvalue weighted by Gasteiger charge is -2.17. The van der Waals surface area contributed by atoms with Crippen molar-refractivity contribution < 1.29 is 19.1 Å². The summed E-state index contributed by atoms with van der Waals surface area (Å²) < 4.78 is 5.17. The molecule has 6 heteroatoms. The lowest BCUT2D eigenvalue weighted by Crippen LogP contribution is -2.37. The number of ketones is 2. The van der Waals surface area contributed by atoms with Crippen LogP contribution in [0.15, 0.2) is 18.2 Å². The van der Waals surface area contributed by atoms with Crippen molar-refractivity contribution in [2.45, 2.75) is 6.42 Å². The maximum absolute atomic E-state index is 12.1.